The molecule has 0 radical (unpaired) electrons. The van der Waals surface area contributed by atoms with E-state index in [-0.39, 0.29) is 0 Å². The molecule has 0 aliphatic heterocycles. The van der Waals surface area contributed by atoms with Crippen molar-refractivity contribution in [3.05, 3.63) is 296 Å². The molecule has 0 spiro atoms. The number of hydrogen-bond donors (Lipinski definition) is 0. The normalized spacial score (nSPS) is 11.3. The van der Waals surface area contributed by atoms with Gasteiger partial charge in [0.15, 0.2) is 31.2 Å². The van der Waals surface area contributed by atoms with Gasteiger partial charge in [-0.2, -0.15) is 5.26 Å². The summed E-state index contributed by atoms with van der Waals surface area (Å²) in [6.07, 6.45) is 0. The third-order valence-corrected chi connectivity index (χ3v) is 19.6. The van der Waals surface area contributed by atoms with Gasteiger partial charge in [0.05, 0.1) is 34.9 Å². The lowest BCUT2D eigenvalue weighted by molar-refractivity contribution is 1.06. The number of benzene rings is 11. The zero-order chi connectivity index (χ0) is 52.4. The maximum Gasteiger partial charge on any atom is 0.187 e. The van der Waals surface area contributed by atoms with Crippen molar-refractivity contribution in [1.29, 1.82) is 5.26 Å². The average molecular weight is 1010 g/mol. The van der Waals surface area contributed by atoms with Crippen molar-refractivity contribution in [2.75, 3.05) is 0 Å². The average Bonchev–Trinajstić information content (AvgIpc) is 3.92. The van der Waals surface area contributed by atoms with E-state index >= 15 is 0 Å². The van der Waals surface area contributed by atoms with E-state index in [1.807, 2.05) is 109 Å². The molecule has 0 atom stereocenters. The van der Waals surface area contributed by atoms with E-state index in [0.29, 0.717) is 28.7 Å². The minimum absolute atomic E-state index is 0.529. The van der Waals surface area contributed by atoms with Gasteiger partial charge >= 0.3 is 0 Å². The standard InChI is InChI=1S/C71H46N6Si/c1-73-58-39-34-51(35-40-58)57-37-42-64-63-41-36-56(50-32-30-49(48-72)31-33-50)46-67(63)77(68(64)47-57)66-43-38-55(45-65(66)71-75-69(52-18-7-2-8-19-52)74-70(76-71)53-20-9-3-10-21-53)54-22-17-29-62(44-54)78(59-23-11-4-12-24-59,60-25-13-5-14-26-60)61-27-15-6-16-28-61/h2-47H. The van der Waals surface area contributed by atoms with E-state index in [1.54, 1.807) is 0 Å². The minimum Gasteiger partial charge on any atom is -0.308 e. The Bertz CT molecular complexity index is 4150. The van der Waals surface area contributed by atoms with Crippen LogP contribution < -0.4 is 20.7 Å². The number of aromatic nitrogens is 4. The molecule has 0 saturated carbocycles. The topological polar surface area (TPSA) is 71.8 Å². The Labute approximate surface area is 454 Å². The SMILES string of the molecule is [C-]#[N+]c1ccc(-c2ccc3c4ccc(-c5ccc(C#N)cc5)cc4n(-c4ccc(-c5cccc([Si](c6ccccc6)(c6ccccc6)c6ccccc6)c5)cc4-c4nc(-c5ccccc5)nc(-c5ccccc5)n4)c3c2)cc1. The highest BCUT2D eigenvalue weighted by Gasteiger charge is 2.41. The van der Waals surface area contributed by atoms with Crippen LogP contribution >= 0.6 is 0 Å². The first-order valence-electron chi connectivity index (χ1n) is 25.9. The smallest absolute Gasteiger partial charge is 0.187 e. The highest BCUT2D eigenvalue weighted by Crippen LogP contribution is 2.41. The molecule has 78 heavy (non-hydrogen) atoms. The van der Waals surface area contributed by atoms with Gasteiger partial charge in [-0.15, -0.1) is 0 Å². The van der Waals surface area contributed by atoms with E-state index < -0.39 is 8.07 Å². The fourth-order valence-electron chi connectivity index (χ4n) is 11.1. The summed E-state index contributed by atoms with van der Waals surface area (Å²) in [7, 11) is -2.89. The largest absolute Gasteiger partial charge is 0.308 e. The molecule has 0 N–H and O–H groups in total. The predicted octanol–water partition coefficient (Wildman–Crippen LogP) is 14.8. The Morgan fingerprint density at radius 3 is 1.24 bits per heavy atom. The van der Waals surface area contributed by atoms with Crippen molar-refractivity contribution >= 4 is 56.3 Å². The van der Waals surface area contributed by atoms with Crippen LogP contribution in [-0.4, -0.2) is 27.6 Å². The van der Waals surface area contributed by atoms with Crippen LogP contribution in [0.15, 0.2) is 279 Å². The van der Waals surface area contributed by atoms with E-state index in [2.05, 4.69) is 185 Å². The van der Waals surface area contributed by atoms with Gasteiger partial charge in [0.25, 0.3) is 0 Å². The fraction of sp³-hybridized carbons (Fsp3) is 0. The second-order valence-corrected chi connectivity index (χ2v) is 23.2. The maximum absolute atomic E-state index is 9.70. The monoisotopic (exact) mass is 1010 g/mol. The molecule has 0 bridgehead atoms. The third kappa shape index (κ3) is 8.53. The van der Waals surface area contributed by atoms with Crippen molar-refractivity contribution in [3.63, 3.8) is 0 Å². The first kappa shape index (κ1) is 47.2. The molecule has 6 nitrogen and oxygen atoms in total. The second kappa shape index (κ2) is 20.3. The van der Waals surface area contributed by atoms with E-state index in [4.69, 9.17) is 21.5 Å². The van der Waals surface area contributed by atoms with Crippen LogP contribution in [-0.2, 0) is 0 Å². The zero-order valence-electron chi connectivity index (χ0n) is 42.2. The van der Waals surface area contributed by atoms with E-state index in [9.17, 15) is 5.26 Å². The quantitative estimate of drug-likeness (QED) is 0.0735. The van der Waals surface area contributed by atoms with Crippen LogP contribution in [0.5, 0.6) is 0 Å². The van der Waals surface area contributed by atoms with Crippen LogP contribution in [0, 0.1) is 17.9 Å². The predicted molar refractivity (Wildman–Crippen MR) is 321 cm³/mol. The van der Waals surface area contributed by atoms with Gasteiger partial charge in [-0.05, 0) is 90.5 Å². The molecule has 11 aromatic carbocycles. The summed E-state index contributed by atoms with van der Waals surface area (Å²) in [6, 6.07) is 100. The highest BCUT2D eigenvalue weighted by molar-refractivity contribution is 7.19. The number of nitrogens with zero attached hydrogens (tertiary/aromatic N) is 6. The first-order valence-corrected chi connectivity index (χ1v) is 27.9. The molecular weight excluding hydrogens is 965 g/mol. The summed E-state index contributed by atoms with van der Waals surface area (Å²) in [5.41, 5.74) is 12.8. The lowest BCUT2D eigenvalue weighted by atomic mass is 10.0. The Balaban J connectivity index is 1.10. The molecule has 0 aliphatic rings. The Morgan fingerprint density at radius 2 is 0.756 bits per heavy atom. The lowest BCUT2D eigenvalue weighted by Gasteiger charge is -2.34. The third-order valence-electron chi connectivity index (χ3n) is 14.9. The minimum atomic E-state index is -2.89. The zero-order valence-corrected chi connectivity index (χ0v) is 43.2. The van der Waals surface area contributed by atoms with Gasteiger partial charge in [0.1, 0.15) is 0 Å². The highest BCUT2D eigenvalue weighted by atomic mass is 28.3. The number of rotatable bonds is 11. The Kier molecular flexibility index (Phi) is 12.3. The summed E-state index contributed by atoms with van der Waals surface area (Å²) in [5, 5.41) is 17.0. The van der Waals surface area contributed by atoms with Crippen molar-refractivity contribution in [3.8, 4) is 79.3 Å². The molecule has 13 rings (SSSR count). The summed E-state index contributed by atoms with van der Waals surface area (Å²) in [5.74, 6) is 1.66. The summed E-state index contributed by atoms with van der Waals surface area (Å²) < 4.78 is 2.36. The Morgan fingerprint density at radius 1 is 0.359 bits per heavy atom. The fourth-order valence-corrected chi connectivity index (χ4v) is 15.9. The lowest BCUT2D eigenvalue weighted by Crippen LogP contribution is -2.74. The maximum atomic E-state index is 9.70. The van der Waals surface area contributed by atoms with Gasteiger partial charge in [0, 0.05) is 27.5 Å². The Hall–Kier alpha value is -10.6. The van der Waals surface area contributed by atoms with Gasteiger partial charge in [-0.3, -0.25) is 0 Å². The van der Waals surface area contributed by atoms with Gasteiger partial charge < -0.3 is 4.57 Å². The molecule has 2 heterocycles. The van der Waals surface area contributed by atoms with Crippen molar-refractivity contribution in [2.45, 2.75) is 0 Å². The molecule has 2 aromatic heterocycles. The molecular formula is C71H46N6Si. The van der Waals surface area contributed by atoms with Crippen molar-refractivity contribution < 1.29 is 0 Å². The molecule has 0 fully saturated rings. The molecule has 0 saturated heterocycles. The molecule has 0 unspecified atom stereocenters. The van der Waals surface area contributed by atoms with E-state index in [1.165, 1.54) is 20.7 Å². The van der Waals surface area contributed by atoms with Crippen LogP contribution in [0.3, 0.4) is 0 Å². The van der Waals surface area contributed by atoms with Crippen molar-refractivity contribution in [1.82, 2.24) is 19.5 Å². The summed E-state index contributed by atoms with van der Waals surface area (Å²) in [6.45, 7) is 7.64. The van der Waals surface area contributed by atoms with Crippen LogP contribution in [0.1, 0.15) is 5.56 Å². The number of nitriles is 1. The van der Waals surface area contributed by atoms with Gasteiger partial charge in [-0.1, -0.05) is 243 Å². The summed E-state index contributed by atoms with van der Waals surface area (Å²) in [4.78, 5) is 19.7. The molecule has 0 amide bonds. The molecule has 0 aliphatic carbocycles. The first-order chi connectivity index (χ1) is 38.5. The number of fused-ring (bicyclic) bond motifs is 3. The molecule has 7 heteroatoms. The van der Waals surface area contributed by atoms with Crippen LogP contribution in [0.25, 0.3) is 99.9 Å². The van der Waals surface area contributed by atoms with Gasteiger partial charge in [-0.25, -0.2) is 19.8 Å². The van der Waals surface area contributed by atoms with Crippen LogP contribution in [0.2, 0.25) is 0 Å². The van der Waals surface area contributed by atoms with Crippen LogP contribution in [0.4, 0.5) is 5.69 Å². The van der Waals surface area contributed by atoms with E-state index in [0.717, 1.165) is 77.6 Å². The van der Waals surface area contributed by atoms with Gasteiger partial charge in [0.2, 0.25) is 0 Å². The second-order valence-electron chi connectivity index (χ2n) is 19.3. The summed E-state index contributed by atoms with van der Waals surface area (Å²) >= 11 is 0. The van der Waals surface area contributed by atoms with Crippen molar-refractivity contribution in [2.24, 2.45) is 0 Å². The number of hydrogen-bond acceptors (Lipinski definition) is 4. The molecule has 13 aromatic rings. The molecule has 364 valence electrons.